The molecule has 168 valence electrons. The van der Waals surface area contributed by atoms with E-state index in [9.17, 15) is 15.0 Å². The number of carbonyl (C=O) groups excluding carboxylic acids is 1. The maximum atomic E-state index is 11.7. The molecule has 0 unspecified atom stereocenters. The van der Waals surface area contributed by atoms with E-state index in [0.717, 1.165) is 48.4 Å². The molecule has 2 atom stereocenters. The molecule has 9 heteroatoms. The highest BCUT2D eigenvalue weighted by atomic mass is 16.6. The van der Waals surface area contributed by atoms with E-state index >= 15 is 0 Å². The van der Waals surface area contributed by atoms with Gasteiger partial charge in [-0.2, -0.15) is 0 Å². The number of cyclic esters (lactones) is 1. The van der Waals surface area contributed by atoms with Crippen molar-refractivity contribution < 1.29 is 24.4 Å². The Morgan fingerprint density at radius 2 is 1.66 bits per heavy atom. The van der Waals surface area contributed by atoms with Crippen molar-refractivity contribution in [1.29, 1.82) is 0 Å². The summed E-state index contributed by atoms with van der Waals surface area (Å²) >= 11 is 0. The lowest BCUT2D eigenvalue weighted by molar-refractivity contribution is 0.0481. The number of aromatic nitrogens is 2. The lowest BCUT2D eigenvalue weighted by atomic mass is 9.95. The van der Waals surface area contributed by atoms with E-state index in [-0.39, 0.29) is 12.6 Å². The summed E-state index contributed by atoms with van der Waals surface area (Å²) in [4.78, 5) is 16.2. The Morgan fingerprint density at radius 3 is 2.41 bits per heavy atom. The molecular weight excluding hydrogens is 412 g/mol. The summed E-state index contributed by atoms with van der Waals surface area (Å²) in [6.07, 6.45) is -1.25. The Balaban J connectivity index is 1.15. The molecular formula is C23H26N4O5. The minimum atomic E-state index is -0.629. The van der Waals surface area contributed by atoms with E-state index in [0.29, 0.717) is 29.7 Å². The fraction of sp³-hybridized carbons (Fsp3) is 0.435. The van der Waals surface area contributed by atoms with Gasteiger partial charge in [-0.25, -0.2) is 9.42 Å². The van der Waals surface area contributed by atoms with Gasteiger partial charge in [0.2, 0.25) is 0 Å². The highest BCUT2D eigenvalue weighted by molar-refractivity contribution is 5.93. The molecule has 3 aromatic rings. The third-order valence-corrected chi connectivity index (χ3v) is 6.56. The molecule has 0 amide bonds. The average molecular weight is 438 g/mol. The van der Waals surface area contributed by atoms with Crippen molar-refractivity contribution in [3.05, 3.63) is 58.1 Å². The van der Waals surface area contributed by atoms with Crippen molar-refractivity contribution in [2.24, 2.45) is 0 Å². The molecule has 32 heavy (non-hydrogen) atoms. The van der Waals surface area contributed by atoms with E-state index in [4.69, 9.17) is 9.37 Å². The van der Waals surface area contributed by atoms with Crippen LogP contribution in [0.4, 0.5) is 0 Å². The first-order valence-electron chi connectivity index (χ1n) is 10.8. The van der Waals surface area contributed by atoms with Crippen LogP contribution < -0.4 is 0 Å². The molecule has 2 aliphatic heterocycles. The Kier molecular flexibility index (Phi) is 5.64. The molecule has 0 radical (unpaired) electrons. The molecule has 1 saturated heterocycles. The van der Waals surface area contributed by atoms with Crippen LogP contribution in [0.3, 0.4) is 0 Å². The monoisotopic (exact) mass is 438 g/mol. The Labute approximate surface area is 185 Å². The molecule has 0 spiro atoms. The SMILES string of the molecule is Cc1c([C@H](O)CN2CCN(C[C@@H](O)c3ccc4nonc4c3)CC2)ccc2c1COC2=O. The van der Waals surface area contributed by atoms with Gasteiger partial charge in [0.05, 0.1) is 17.8 Å². The lowest BCUT2D eigenvalue weighted by Gasteiger charge is -2.36. The second kappa shape index (κ2) is 8.59. The van der Waals surface area contributed by atoms with Crippen LogP contribution >= 0.6 is 0 Å². The number of nitrogens with zero attached hydrogens (tertiary/aromatic N) is 4. The highest BCUT2D eigenvalue weighted by Gasteiger charge is 2.27. The van der Waals surface area contributed by atoms with E-state index in [1.165, 1.54) is 0 Å². The van der Waals surface area contributed by atoms with Crippen molar-refractivity contribution in [2.75, 3.05) is 39.3 Å². The summed E-state index contributed by atoms with van der Waals surface area (Å²) in [6.45, 7) is 6.51. The van der Waals surface area contributed by atoms with Crippen molar-refractivity contribution in [3.8, 4) is 0 Å². The number of benzene rings is 2. The number of rotatable bonds is 6. The van der Waals surface area contributed by atoms with E-state index in [2.05, 4.69) is 20.1 Å². The fourth-order valence-corrected chi connectivity index (χ4v) is 4.58. The van der Waals surface area contributed by atoms with Crippen LogP contribution in [0.5, 0.6) is 0 Å². The number of aliphatic hydroxyl groups is 2. The average Bonchev–Trinajstić information content (AvgIpc) is 3.42. The zero-order valence-electron chi connectivity index (χ0n) is 17.9. The number of aliphatic hydroxyl groups excluding tert-OH is 2. The van der Waals surface area contributed by atoms with Gasteiger partial charge in [0.15, 0.2) is 0 Å². The van der Waals surface area contributed by atoms with Crippen molar-refractivity contribution in [1.82, 2.24) is 20.1 Å². The van der Waals surface area contributed by atoms with Gasteiger partial charge >= 0.3 is 5.97 Å². The lowest BCUT2D eigenvalue weighted by Crippen LogP contribution is -2.48. The number of esters is 1. The number of β-amino-alcohol motifs (C(OH)–C–C–N with tert-alkyl or cyclic N) is 2. The first-order chi connectivity index (χ1) is 15.5. The van der Waals surface area contributed by atoms with Crippen LogP contribution in [0, 0.1) is 6.92 Å². The fourth-order valence-electron chi connectivity index (χ4n) is 4.58. The summed E-state index contributed by atoms with van der Waals surface area (Å²) in [5.74, 6) is -0.292. The second-order valence-electron chi connectivity index (χ2n) is 8.53. The summed E-state index contributed by atoms with van der Waals surface area (Å²) in [6, 6.07) is 9.04. The molecule has 2 aliphatic rings. The van der Waals surface area contributed by atoms with E-state index < -0.39 is 12.2 Å². The van der Waals surface area contributed by atoms with Gasteiger partial charge in [-0.05, 0) is 52.1 Å². The summed E-state index contributed by atoms with van der Waals surface area (Å²) < 4.78 is 9.83. The van der Waals surface area contributed by atoms with Gasteiger partial charge in [0.25, 0.3) is 0 Å². The molecule has 5 rings (SSSR count). The summed E-state index contributed by atoms with van der Waals surface area (Å²) in [5.41, 5.74) is 5.36. The normalized spacial score (nSPS) is 19.2. The number of hydrogen-bond donors (Lipinski definition) is 2. The standard InChI is InChI=1S/C23H26N4O5/c1-14-16(3-4-17-18(14)13-31-23(17)30)22(29)12-27-8-6-26(7-9-27)11-21(28)15-2-5-19-20(10-15)25-32-24-19/h2-5,10,21-22,28-29H,6-9,11-13H2,1H3/t21-,22-/m1/s1. The Bertz CT molecular complexity index is 1140. The smallest absolute Gasteiger partial charge is 0.338 e. The molecule has 0 saturated carbocycles. The topological polar surface area (TPSA) is 112 Å². The zero-order chi connectivity index (χ0) is 22.2. The molecule has 9 nitrogen and oxygen atoms in total. The number of piperazine rings is 1. The number of hydrogen-bond acceptors (Lipinski definition) is 9. The molecule has 0 aliphatic carbocycles. The molecule has 1 fully saturated rings. The van der Waals surface area contributed by atoms with E-state index in [1.54, 1.807) is 18.2 Å². The number of carbonyl (C=O) groups is 1. The van der Waals surface area contributed by atoms with Gasteiger partial charge in [-0.3, -0.25) is 9.80 Å². The largest absolute Gasteiger partial charge is 0.457 e. The van der Waals surface area contributed by atoms with Crippen LogP contribution in [-0.2, 0) is 11.3 Å². The first-order valence-corrected chi connectivity index (χ1v) is 10.8. The molecule has 2 aromatic carbocycles. The van der Waals surface area contributed by atoms with Crippen LogP contribution in [0.1, 0.15) is 44.8 Å². The van der Waals surface area contributed by atoms with Gasteiger partial charge in [0.1, 0.15) is 17.6 Å². The molecule has 2 N–H and O–H groups in total. The number of ether oxygens (including phenoxy) is 1. The third kappa shape index (κ3) is 4.00. The predicted molar refractivity (Wildman–Crippen MR) is 115 cm³/mol. The maximum absolute atomic E-state index is 11.7. The third-order valence-electron chi connectivity index (χ3n) is 6.56. The molecule has 3 heterocycles. The van der Waals surface area contributed by atoms with Crippen molar-refractivity contribution in [2.45, 2.75) is 25.7 Å². The second-order valence-corrected chi connectivity index (χ2v) is 8.53. The first kappa shape index (κ1) is 21.0. The quantitative estimate of drug-likeness (QED) is 0.554. The van der Waals surface area contributed by atoms with Gasteiger partial charge in [-0.1, -0.05) is 12.1 Å². The van der Waals surface area contributed by atoms with E-state index in [1.807, 2.05) is 19.1 Å². The van der Waals surface area contributed by atoms with Gasteiger partial charge in [-0.15, -0.1) is 0 Å². The Hall–Kier alpha value is -2.85. The highest BCUT2D eigenvalue weighted by Crippen LogP contribution is 2.29. The summed E-state index contributed by atoms with van der Waals surface area (Å²) in [7, 11) is 0. The van der Waals surface area contributed by atoms with Crippen molar-refractivity contribution >= 4 is 17.0 Å². The molecule has 1 aromatic heterocycles. The van der Waals surface area contributed by atoms with Crippen LogP contribution in [0.2, 0.25) is 0 Å². The van der Waals surface area contributed by atoms with Gasteiger partial charge in [0, 0.05) is 44.8 Å². The maximum Gasteiger partial charge on any atom is 0.338 e. The minimum Gasteiger partial charge on any atom is -0.457 e. The van der Waals surface area contributed by atoms with Crippen LogP contribution in [0.25, 0.3) is 11.0 Å². The predicted octanol–water partition coefficient (Wildman–Crippen LogP) is 1.59. The van der Waals surface area contributed by atoms with Crippen LogP contribution in [-0.4, -0.2) is 75.6 Å². The minimum absolute atomic E-state index is 0.279. The zero-order valence-corrected chi connectivity index (χ0v) is 17.9. The molecule has 0 bridgehead atoms. The van der Waals surface area contributed by atoms with Crippen molar-refractivity contribution in [3.63, 3.8) is 0 Å². The summed E-state index contributed by atoms with van der Waals surface area (Å²) in [5, 5.41) is 29.1. The number of fused-ring (bicyclic) bond motifs is 2. The van der Waals surface area contributed by atoms with Gasteiger partial charge < -0.3 is 14.9 Å². The Morgan fingerprint density at radius 1 is 0.969 bits per heavy atom. The van der Waals surface area contributed by atoms with Crippen LogP contribution in [0.15, 0.2) is 35.0 Å².